The largest absolute Gasteiger partial charge is 0.356 e. The Balaban J connectivity index is 2.19. The molecule has 3 nitrogen and oxygen atoms in total. The van der Waals surface area contributed by atoms with E-state index in [0.717, 1.165) is 16.3 Å². The van der Waals surface area contributed by atoms with E-state index >= 15 is 0 Å². The van der Waals surface area contributed by atoms with E-state index in [1.165, 1.54) is 0 Å². The Morgan fingerprint density at radius 2 is 1.45 bits per heavy atom. The summed E-state index contributed by atoms with van der Waals surface area (Å²) in [6.07, 6.45) is 0. The van der Waals surface area contributed by atoms with Crippen LogP contribution in [0.3, 0.4) is 0 Å². The molecule has 112 valence electrons. The summed E-state index contributed by atoms with van der Waals surface area (Å²) >= 11 is 0. The summed E-state index contributed by atoms with van der Waals surface area (Å²) in [4.78, 5) is 0.344. The molecule has 0 saturated heterocycles. The third-order valence-electron chi connectivity index (χ3n) is 3.88. The van der Waals surface area contributed by atoms with Gasteiger partial charge in [0.15, 0.2) is 9.84 Å². The maximum Gasteiger partial charge on any atom is 0.190 e. The lowest BCUT2D eigenvalue weighted by molar-refractivity contribution is -0.367. The predicted molar refractivity (Wildman–Crippen MR) is 88.1 cm³/mol. The zero-order chi connectivity index (χ0) is 15.6. The minimum Gasteiger partial charge on any atom is -0.356 e. The Hall–Kier alpha value is -2.17. The molecule has 1 atom stereocenters. The lowest BCUT2D eigenvalue weighted by atomic mass is 10.0. The van der Waals surface area contributed by atoms with Gasteiger partial charge in [0.2, 0.25) is 0 Å². The fourth-order valence-corrected chi connectivity index (χ4v) is 4.50. The van der Waals surface area contributed by atoms with Crippen molar-refractivity contribution < 1.29 is 14.2 Å². The van der Waals surface area contributed by atoms with E-state index in [0.29, 0.717) is 11.4 Å². The first-order chi connectivity index (χ1) is 10.6. The van der Waals surface area contributed by atoms with Crippen molar-refractivity contribution in [2.45, 2.75) is 10.1 Å². The topological polar surface area (TPSA) is 61.8 Å². The van der Waals surface area contributed by atoms with Crippen molar-refractivity contribution in [3.63, 3.8) is 0 Å². The Bertz CT molecular complexity index is 884. The molecule has 0 spiro atoms. The molecule has 0 aliphatic heterocycles. The molecule has 0 saturated carbocycles. The second-order valence-corrected chi connectivity index (χ2v) is 7.33. The number of hydrogen-bond acceptors (Lipinski definition) is 2. The van der Waals surface area contributed by atoms with Gasteiger partial charge in [0.1, 0.15) is 5.25 Å². The SMILES string of the molecule is [NH3+]C[C@H](c1cccc2ccccc12)S(=O)(=O)c1ccccc1. The van der Waals surface area contributed by atoms with E-state index in [2.05, 4.69) is 5.73 Å². The third-order valence-corrected chi connectivity index (χ3v) is 6.05. The van der Waals surface area contributed by atoms with Gasteiger partial charge >= 0.3 is 0 Å². The number of benzene rings is 3. The smallest absolute Gasteiger partial charge is 0.190 e. The number of fused-ring (bicyclic) bond motifs is 1. The first-order valence-electron chi connectivity index (χ1n) is 7.20. The van der Waals surface area contributed by atoms with E-state index in [1.54, 1.807) is 24.3 Å². The summed E-state index contributed by atoms with van der Waals surface area (Å²) in [7, 11) is -3.46. The van der Waals surface area contributed by atoms with Crippen LogP contribution in [0.4, 0.5) is 0 Å². The van der Waals surface area contributed by atoms with Gasteiger partial charge in [-0.2, -0.15) is 0 Å². The highest BCUT2D eigenvalue weighted by molar-refractivity contribution is 7.91. The summed E-state index contributed by atoms with van der Waals surface area (Å²) in [6.45, 7) is 0.297. The van der Waals surface area contributed by atoms with Crippen molar-refractivity contribution in [1.29, 1.82) is 0 Å². The summed E-state index contributed by atoms with van der Waals surface area (Å²) in [5, 5.41) is 1.38. The van der Waals surface area contributed by atoms with Crippen molar-refractivity contribution in [3.8, 4) is 0 Å². The second kappa shape index (κ2) is 5.91. The van der Waals surface area contributed by atoms with Gasteiger partial charge in [-0.05, 0) is 28.5 Å². The van der Waals surface area contributed by atoms with Gasteiger partial charge < -0.3 is 5.73 Å². The molecule has 4 heteroatoms. The zero-order valence-electron chi connectivity index (χ0n) is 12.1. The highest BCUT2D eigenvalue weighted by Gasteiger charge is 2.30. The molecule has 0 fully saturated rings. The molecule has 0 bridgehead atoms. The van der Waals surface area contributed by atoms with Crippen LogP contribution in [0.2, 0.25) is 0 Å². The quantitative estimate of drug-likeness (QED) is 0.805. The van der Waals surface area contributed by atoms with E-state index < -0.39 is 15.1 Å². The van der Waals surface area contributed by atoms with Crippen LogP contribution in [0.5, 0.6) is 0 Å². The normalized spacial score (nSPS) is 13.1. The van der Waals surface area contributed by atoms with Crippen LogP contribution in [-0.2, 0) is 9.84 Å². The molecule has 3 rings (SSSR count). The summed E-state index contributed by atoms with van der Waals surface area (Å²) in [6, 6.07) is 22.2. The van der Waals surface area contributed by atoms with Gasteiger partial charge in [0, 0.05) is 0 Å². The molecule has 0 heterocycles. The third kappa shape index (κ3) is 2.51. The van der Waals surface area contributed by atoms with E-state index in [-0.39, 0.29) is 0 Å². The van der Waals surface area contributed by atoms with E-state index in [4.69, 9.17) is 0 Å². The number of quaternary nitrogens is 1. The van der Waals surface area contributed by atoms with E-state index in [9.17, 15) is 8.42 Å². The number of rotatable bonds is 4. The van der Waals surface area contributed by atoms with Gasteiger partial charge in [-0.25, -0.2) is 8.42 Å². The predicted octanol–water partition coefficient (Wildman–Crippen LogP) is 2.60. The summed E-state index contributed by atoms with van der Waals surface area (Å²) < 4.78 is 25.9. The van der Waals surface area contributed by atoms with Crippen molar-refractivity contribution in [2.75, 3.05) is 6.54 Å². The molecular weight excluding hydrogens is 294 g/mol. The number of hydrogen-bond donors (Lipinski definition) is 1. The van der Waals surface area contributed by atoms with Gasteiger partial charge in [0.05, 0.1) is 11.4 Å². The molecule has 0 aromatic heterocycles. The lowest BCUT2D eigenvalue weighted by Crippen LogP contribution is -2.54. The molecule has 22 heavy (non-hydrogen) atoms. The molecular formula is C18H18NO2S+. The Morgan fingerprint density at radius 1 is 0.818 bits per heavy atom. The zero-order valence-corrected chi connectivity index (χ0v) is 13.0. The van der Waals surface area contributed by atoms with Crippen molar-refractivity contribution in [1.82, 2.24) is 0 Å². The molecule has 0 radical (unpaired) electrons. The fourth-order valence-electron chi connectivity index (χ4n) is 2.78. The van der Waals surface area contributed by atoms with Crippen LogP contribution in [0.1, 0.15) is 10.8 Å². The first kappa shape index (κ1) is 14.8. The minimum absolute atomic E-state index is 0.297. The van der Waals surface area contributed by atoms with Crippen LogP contribution in [0.25, 0.3) is 10.8 Å². The maximum absolute atomic E-state index is 13.0. The van der Waals surface area contributed by atoms with Gasteiger partial charge in [-0.3, -0.25) is 0 Å². The van der Waals surface area contributed by atoms with Gasteiger partial charge in [-0.1, -0.05) is 60.7 Å². The molecule has 0 amide bonds. The summed E-state index contributed by atoms with van der Waals surface area (Å²) in [5.74, 6) is 0. The average Bonchev–Trinajstić information content (AvgIpc) is 2.56. The maximum atomic E-state index is 13.0. The highest BCUT2D eigenvalue weighted by Crippen LogP contribution is 2.32. The molecule has 3 N–H and O–H groups in total. The monoisotopic (exact) mass is 312 g/mol. The Morgan fingerprint density at radius 3 is 2.18 bits per heavy atom. The van der Waals surface area contributed by atoms with Gasteiger partial charge in [-0.15, -0.1) is 0 Å². The van der Waals surface area contributed by atoms with Crippen LogP contribution in [-0.4, -0.2) is 15.0 Å². The highest BCUT2D eigenvalue weighted by atomic mass is 32.2. The molecule has 3 aromatic rings. The molecule has 3 aromatic carbocycles. The van der Waals surface area contributed by atoms with Crippen LogP contribution in [0, 0.1) is 0 Å². The Kier molecular flexibility index (Phi) is 3.96. The molecule has 0 aliphatic rings. The Labute approximate surface area is 130 Å². The first-order valence-corrected chi connectivity index (χ1v) is 8.75. The van der Waals surface area contributed by atoms with Crippen molar-refractivity contribution in [2.24, 2.45) is 0 Å². The van der Waals surface area contributed by atoms with Crippen molar-refractivity contribution >= 4 is 20.6 Å². The van der Waals surface area contributed by atoms with Gasteiger partial charge in [0.25, 0.3) is 0 Å². The number of sulfone groups is 1. The van der Waals surface area contributed by atoms with Crippen molar-refractivity contribution in [3.05, 3.63) is 78.4 Å². The minimum atomic E-state index is -3.46. The van der Waals surface area contributed by atoms with Crippen LogP contribution in [0.15, 0.2) is 77.7 Å². The summed E-state index contributed by atoms with van der Waals surface area (Å²) in [5.41, 5.74) is 4.70. The van der Waals surface area contributed by atoms with Crippen LogP contribution >= 0.6 is 0 Å². The van der Waals surface area contributed by atoms with E-state index in [1.807, 2.05) is 48.5 Å². The lowest BCUT2D eigenvalue weighted by Gasteiger charge is -2.17. The molecule has 0 aliphatic carbocycles. The van der Waals surface area contributed by atoms with Crippen LogP contribution < -0.4 is 5.73 Å². The average molecular weight is 312 g/mol. The standard InChI is InChI=1S/C18H17NO2S/c19-13-18(22(20,21)15-9-2-1-3-10-15)17-12-6-8-14-7-4-5-11-16(14)17/h1-12,18H,13,19H2/p+1/t18-/m1/s1. The fraction of sp³-hybridized carbons (Fsp3) is 0.111. The molecule has 0 unspecified atom stereocenters. The second-order valence-electron chi connectivity index (χ2n) is 5.20.